The first kappa shape index (κ1) is 15.8. The quantitative estimate of drug-likeness (QED) is 0.675. The van der Waals surface area contributed by atoms with Crippen molar-refractivity contribution in [2.75, 3.05) is 6.54 Å². The molecule has 6 nitrogen and oxygen atoms in total. The van der Waals surface area contributed by atoms with Crippen LogP contribution in [0.4, 0.5) is 4.39 Å². The van der Waals surface area contributed by atoms with Gasteiger partial charge in [-0.1, -0.05) is 18.3 Å². The van der Waals surface area contributed by atoms with Gasteiger partial charge in [-0.25, -0.2) is 17.5 Å². The van der Waals surface area contributed by atoms with Gasteiger partial charge in [0.15, 0.2) is 0 Å². The minimum absolute atomic E-state index is 0.125. The average Bonchev–Trinajstić information content (AvgIpc) is 2.40. The van der Waals surface area contributed by atoms with Crippen LogP contribution in [-0.2, 0) is 14.8 Å². The Labute approximate surface area is 127 Å². The van der Waals surface area contributed by atoms with Gasteiger partial charge in [-0.05, 0) is 18.6 Å². The summed E-state index contributed by atoms with van der Waals surface area (Å²) in [5, 5.41) is 2.56. The third-order valence-corrected chi connectivity index (χ3v) is 4.87. The first-order valence-electron chi connectivity index (χ1n) is 6.18. The minimum Gasteiger partial charge on any atom is -0.389 e. The summed E-state index contributed by atoms with van der Waals surface area (Å²) < 4.78 is 40.9. The van der Waals surface area contributed by atoms with Crippen LogP contribution in [0.25, 0.3) is 0 Å². The molecule has 0 aliphatic carbocycles. The Morgan fingerprint density at radius 2 is 2.19 bits per heavy atom. The summed E-state index contributed by atoms with van der Waals surface area (Å²) >= 11 is 4.71. The molecule has 0 aromatic heterocycles. The molecule has 1 amide bonds. The van der Waals surface area contributed by atoms with Gasteiger partial charge in [0.1, 0.15) is 10.8 Å². The van der Waals surface area contributed by atoms with Gasteiger partial charge in [-0.15, -0.1) is 0 Å². The number of benzene rings is 1. The second-order valence-corrected chi connectivity index (χ2v) is 6.76. The summed E-state index contributed by atoms with van der Waals surface area (Å²) in [7, 11) is -3.98. The second-order valence-electron chi connectivity index (χ2n) is 4.64. The Morgan fingerprint density at radius 3 is 2.76 bits per heavy atom. The van der Waals surface area contributed by atoms with Crippen molar-refractivity contribution < 1.29 is 17.6 Å². The van der Waals surface area contributed by atoms with E-state index >= 15 is 0 Å². The van der Waals surface area contributed by atoms with Crippen LogP contribution >= 0.6 is 12.2 Å². The number of carbonyl (C=O) groups is 1. The van der Waals surface area contributed by atoms with Crippen LogP contribution in [0.5, 0.6) is 0 Å². The molecule has 1 unspecified atom stereocenters. The van der Waals surface area contributed by atoms with E-state index in [2.05, 4.69) is 10.0 Å². The topological polar surface area (TPSA) is 101 Å². The maximum atomic E-state index is 13.7. The highest BCUT2D eigenvalue weighted by Crippen LogP contribution is 2.20. The molecule has 1 aromatic rings. The Kier molecular flexibility index (Phi) is 4.55. The predicted octanol–water partition coefficient (Wildman–Crippen LogP) is 0.0168. The normalized spacial score (nSPS) is 19.1. The van der Waals surface area contributed by atoms with Crippen molar-refractivity contribution in [1.29, 1.82) is 0 Å². The van der Waals surface area contributed by atoms with Gasteiger partial charge in [0, 0.05) is 19.0 Å². The number of amides is 1. The Hall–Kier alpha value is -1.58. The molecule has 1 aliphatic rings. The number of nitrogens with one attached hydrogen (secondary N) is 2. The van der Waals surface area contributed by atoms with Crippen molar-refractivity contribution in [3.8, 4) is 0 Å². The van der Waals surface area contributed by atoms with Gasteiger partial charge >= 0.3 is 0 Å². The molecule has 1 atom stereocenters. The van der Waals surface area contributed by atoms with E-state index < -0.39 is 21.9 Å². The molecule has 0 spiro atoms. The van der Waals surface area contributed by atoms with Gasteiger partial charge < -0.3 is 11.1 Å². The molecule has 0 saturated carbocycles. The van der Waals surface area contributed by atoms with Crippen molar-refractivity contribution >= 4 is 33.1 Å². The first-order valence-corrected chi connectivity index (χ1v) is 8.08. The van der Waals surface area contributed by atoms with Gasteiger partial charge in [0.25, 0.3) is 0 Å². The highest BCUT2D eigenvalue weighted by Gasteiger charge is 2.27. The standard InChI is InChI=1S/C12H14FN3O3S2/c13-8-2-1-3-9(11(8)12(14)20)21(18,19)16-7-4-5-10(17)15-6-7/h1-3,7,16H,4-6H2,(H2,14,20)(H,15,17). The number of thiocarbonyl (C=S) groups is 1. The predicted molar refractivity (Wildman–Crippen MR) is 78.6 cm³/mol. The zero-order valence-corrected chi connectivity index (χ0v) is 12.6. The fraction of sp³-hybridized carbons (Fsp3) is 0.333. The molecule has 1 fully saturated rings. The fourth-order valence-corrected chi connectivity index (χ4v) is 3.86. The minimum atomic E-state index is -3.98. The van der Waals surface area contributed by atoms with E-state index in [0.29, 0.717) is 6.42 Å². The van der Waals surface area contributed by atoms with E-state index in [4.69, 9.17) is 18.0 Å². The maximum absolute atomic E-state index is 13.7. The maximum Gasteiger partial charge on any atom is 0.241 e. The highest BCUT2D eigenvalue weighted by molar-refractivity contribution is 7.89. The molecular formula is C12H14FN3O3S2. The largest absolute Gasteiger partial charge is 0.389 e. The summed E-state index contributed by atoms with van der Waals surface area (Å²) in [6.45, 7) is 0.190. The van der Waals surface area contributed by atoms with Crippen LogP contribution in [0.1, 0.15) is 18.4 Å². The second kappa shape index (κ2) is 6.04. The number of rotatable bonds is 4. The highest BCUT2D eigenvalue weighted by atomic mass is 32.2. The molecule has 114 valence electrons. The van der Waals surface area contributed by atoms with Gasteiger partial charge in [0.05, 0.1) is 10.5 Å². The fourth-order valence-electron chi connectivity index (χ4n) is 2.08. The summed E-state index contributed by atoms with van der Waals surface area (Å²) in [6, 6.07) is 3.15. The lowest BCUT2D eigenvalue weighted by molar-refractivity contribution is -0.122. The van der Waals surface area contributed by atoms with Gasteiger partial charge in [-0.2, -0.15) is 0 Å². The monoisotopic (exact) mass is 331 g/mol. The van der Waals surface area contributed by atoms with Crippen LogP contribution in [0, 0.1) is 5.82 Å². The molecule has 1 aromatic carbocycles. The Balaban J connectivity index is 2.30. The Bertz CT molecular complexity index is 681. The van der Waals surface area contributed by atoms with E-state index in [-0.39, 0.29) is 34.3 Å². The van der Waals surface area contributed by atoms with E-state index in [9.17, 15) is 17.6 Å². The summed E-state index contributed by atoms with van der Waals surface area (Å²) in [6.07, 6.45) is 0.612. The SMILES string of the molecule is NC(=S)c1c(F)cccc1S(=O)(=O)NC1CCC(=O)NC1. The summed E-state index contributed by atoms with van der Waals surface area (Å²) in [5.74, 6) is -0.914. The van der Waals surface area contributed by atoms with Crippen molar-refractivity contribution in [3.05, 3.63) is 29.6 Å². The molecule has 9 heteroatoms. The zero-order valence-electron chi connectivity index (χ0n) is 10.9. The van der Waals surface area contributed by atoms with Crippen molar-refractivity contribution in [2.45, 2.75) is 23.8 Å². The number of hydrogen-bond donors (Lipinski definition) is 3. The number of carbonyl (C=O) groups excluding carboxylic acids is 1. The zero-order chi connectivity index (χ0) is 15.6. The molecule has 1 heterocycles. The van der Waals surface area contributed by atoms with E-state index in [1.54, 1.807) is 0 Å². The molecular weight excluding hydrogens is 317 g/mol. The molecule has 0 radical (unpaired) electrons. The molecule has 4 N–H and O–H groups in total. The number of hydrogen-bond acceptors (Lipinski definition) is 4. The van der Waals surface area contributed by atoms with Crippen LogP contribution in [0.15, 0.2) is 23.1 Å². The van der Waals surface area contributed by atoms with E-state index in [0.717, 1.165) is 6.07 Å². The molecule has 2 rings (SSSR count). The van der Waals surface area contributed by atoms with E-state index in [1.807, 2.05) is 0 Å². The van der Waals surface area contributed by atoms with Crippen LogP contribution in [-0.4, -0.2) is 31.9 Å². The number of sulfonamides is 1. The molecule has 1 aliphatic heterocycles. The molecule has 1 saturated heterocycles. The number of halogens is 1. The van der Waals surface area contributed by atoms with Crippen molar-refractivity contribution in [1.82, 2.24) is 10.0 Å². The first-order chi connectivity index (χ1) is 9.81. The van der Waals surface area contributed by atoms with Gasteiger partial charge in [-0.3, -0.25) is 4.79 Å². The smallest absolute Gasteiger partial charge is 0.241 e. The average molecular weight is 331 g/mol. The van der Waals surface area contributed by atoms with Crippen molar-refractivity contribution in [2.24, 2.45) is 5.73 Å². The summed E-state index contributed by atoms with van der Waals surface area (Å²) in [5.41, 5.74) is 5.10. The lowest BCUT2D eigenvalue weighted by Crippen LogP contribution is -2.47. The number of piperidine rings is 1. The van der Waals surface area contributed by atoms with Gasteiger partial charge in [0.2, 0.25) is 15.9 Å². The lowest BCUT2D eigenvalue weighted by atomic mass is 10.1. The van der Waals surface area contributed by atoms with Crippen LogP contribution in [0.2, 0.25) is 0 Å². The number of nitrogens with two attached hydrogens (primary N) is 1. The third-order valence-electron chi connectivity index (χ3n) is 3.10. The van der Waals surface area contributed by atoms with Crippen LogP contribution in [0.3, 0.4) is 0 Å². The molecule has 21 heavy (non-hydrogen) atoms. The lowest BCUT2D eigenvalue weighted by Gasteiger charge is -2.23. The third kappa shape index (κ3) is 3.55. The molecule has 0 bridgehead atoms. The Morgan fingerprint density at radius 1 is 1.48 bits per heavy atom. The summed E-state index contributed by atoms with van der Waals surface area (Å²) in [4.78, 5) is 10.4. The van der Waals surface area contributed by atoms with E-state index in [1.165, 1.54) is 12.1 Å². The van der Waals surface area contributed by atoms with Crippen LogP contribution < -0.4 is 15.8 Å². The van der Waals surface area contributed by atoms with Crippen molar-refractivity contribution in [3.63, 3.8) is 0 Å².